The minimum Gasteiger partial charge on any atom is -0.469 e. The largest absolute Gasteiger partial charge is 0.469 e. The number of nitrogens with two attached hydrogens (primary N) is 1. The van der Waals surface area contributed by atoms with Gasteiger partial charge in [0.25, 0.3) is 0 Å². The van der Waals surface area contributed by atoms with E-state index in [1.165, 1.54) is 11.1 Å². The van der Waals surface area contributed by atoms with E-state index in [4.69, 9.17) is 10.2 Å². The van der Waals surface area contributed by atoms with Gasteiger partial charge in [0.15, 0.2) is 0 Å². The molecule has 2 aromatic rings. The summed E-state index contributed by atoms with van der Waals surface area (Å²) in [5.41, 5.74) is 8.26. The predicted molar refractivity (Wildman–Crippen MR) is 65.3 cm³/mol. The van der Waals surface area contributed by atoms with Crippen molar-refractivity contribution in [1.82, 2.24) is 0 Å². The predicted octanol–water partition coefficient (Wildman–Crippen LogP) is 2.76. The third-order valence-electron chi connectivity index (χ3n) is 2.71. The smallest absolute Gasteiger partial charge is 0.108 e. The molecular formula is C14H17NO. The van der Waals surface area contributed by atoms with Gasteiger partial charge >= 0.3 is 0 Å². The van der Waals surface area contributed by atoms with Crippen LogP contribution in [0, 0.1) is 0 Å². The zero-order valence-corrected chi connectivity index (χ0v) is 9.36. The molecule has 0 spiro atoms. The van der Waals surface area contributed by atoms with Crippen LogP contribution in [-0.4, -0.2) is 6.54 Å². The lowest BCUT2D eigenvalue weighted by Gasteiger charge is -2.07. The first-order valence-electron chi connectivity index (χ1n) is 5.69. The van der Waals surface area contributed by atoms with Gasteiger partial charge in [-0.25, -0.2) is 0 Å². The molecule has 0 saturated heterocycles. The van der Waals surface area contributed by atoms with Gasteiger partial charge < -0.3 is 10.2 Å². The van der Waals surface area contributed by atoms with Crippen LogP contribution in [-0.2, 0) is 12.8 Å². The highest BCUT2D eigenvalue weighted by Gasteiger charge is 2.04. The van der Waals surface area contributed by atoms with Gasteiger partial charge in [-0.3, -0.25) is 0 Å². The standard InChI is InChI=1S/C14H17NO/c15-9-3-7-12-5-1-2-6-13(12)11-14-8-4-10-16-14/h1-2,4-6,8,10H,3,7,9,11,15H2. The van der Waals surface area contributed by atoms with Crippen molar-refractivity contribution in [1.29, 1.82) is 0 Å². The van der Waals surface area contributed by atoms with Crippen LogP contribution in [0.3, 0.4) is 0 Å². The van der Waals surface area contributed by atoms with Crippen LogP contribution in [0.2, 0.25) is 0 Å². The summed E-state index contributed by atoms with van der Waals surface area (Å²) >= 11 is 0. The fourth-order valence-corrected chi connectivity index (χ4v) is 1.87. The normalized spacial score (nSPS) is 10.6. The molecule has 2 rings (SSSR count). The summed E-state index contributed by atoms with van der Waals surface area (Å²) in [6, 6.07) is 12.4. The van der Waals surface area contributed by atoms with Crippen LogP contribution in [0.4, 0.5) is 0 Å². The Morgan fingerprint density at radius 3 is 2.50 bits per heavy atom. The fourth-order valence-electron chi connectivity index (χ4n) is 1.87. The molecule has 0 aliphatic rings. The second-order valence-electron chi connectivity index (χ2n) is 3.92. The Balaban J connectivity index is 2.13. The Kier molecular flexibility index (Phi) is 3.78. The lowest BCUT2D eigenvalue weighted by atomic mass is 9.99. The number of hydrogen-bond donors (Lipinski definition) is 1. The molecule has 0 radical (unpaired) electrons. The Morgan fingerprint density at radius 2 is 1.81 bits per heavy atom. The van der Waals surface area contributed by atoms with E-state index < -0.39 is 0 Å². The van der Waals surface area contributed by atoms with E-state index in [0.717, 1.165) is 31.6 Å². The second kappa shape index (κ2) is 5.52. The van der Waals surface area contributed by atoms with E-state index in [1.807, 2.05) is 12.1 Å². The van der Waals surface area contributed by atoms with E-state index in [-0.39, 0.29) is 0 Å². The molecule has 2 nitrogen and oxygen atoms in total. The van der Waals surface area contributed by atoms with Gasteiger partial charge in [-0.05, 0) is 42.6 Å². The van der Waals surface area contributed by atoms with Crippen LogP contribution < -0.4 is 5.73 Å². The minimum atomic E-state index is 0.745. The number of furan rings is 1. The lowest BCUT2D eigenvalue weighted by Crippen LogP contribution is -2.02. The Labute approximate surface area is 96.1 Å². The molecule has 0 aliphatic heterocycles. The van der Waals surface area contributed by atoms with Gasteiger partial charge in [-0.2, -0.15) is 0 Å². The molecule has 0 unspecified atom stereocenters. The van der Waals surface area contributed by atoms with Crippen LogP contribution in [0.25, 0.3) is 0 Å². The van der Waals surface area contributed by atoms with E-state index in [0.29, 0.717) is 0 Å². The van der Waals surface area contributed by atoms with Crippen LogP contribution in [0.1, 0.15) is 23.3 Å². The lowest BCUT2D eigenvalue weighted by molar-refractivity contribution is 0.520. The Morgan fingerprint density at radius 1 is 1.00 bits per heavy atom. The van der Waals surface area contributed by atoms with Crippen LogP contribution in [0.5, 0.6) is 0 Å². The van der Waals surface area contributed by atoms with Crippen LogP contribution in [0.15, 0.2) is 47.1 Å². The number of hydrogen-bond acceptors (Lipinski definition) is 2. The summed E-state index contributed by atoms with van der Waals surface area (Å²) in [5, 5.41) is 0. The van der Waals surface area contributed by atoms with Crippen molar-refractivity contribution in [3.8, 4) is 0 Å². The molecule has 1 aromatic carbocycles. The SMILES string of the molecule is NCCCc1ccccc1Cc1ccco1. The highest BCUT2D eigenvalue weighted by Crippen LogP contribution is 2.16. The van der Waals surface area contributed by atoms with Crippen molar-refractivity contribution < 1.29 is 4.42 Å². The van der Waals surface area contributed by atoms with Crippen molar-refractivity contribution in [2.45, 2.75) is 19.3 Å². The van der Waals surface area contributed by atoms with Gasteiger partial charge in [-0.1, -0.05) is 24.3 Å². The topological polar surface area (TPSA) is 39.2 Å². The van der Waals surface area contributed by atoms with Crippen molar-refractivity contribution in [3.63, 3.8) is 0 Å². The first-order valence-corrected chi connectivity index (χ1v) is 5.69. The molecule has 0 saturated carbocycles. The molecule has 84 valence electrons. The Bertz CT molecular complexity index is 420. The number of rotatable bonds is 5. The van der Waals surface area contributed by atoms with Crippen molar-refractivity contribution >= 4 is 0 Å². The molecule has 0 amide bonds. The first-order chi connectivity index (χ1) is 7.90. The van der Waals surface area contributed by atoms with Gasteiger partial charge in [0.05, 0.1) is 6.26 Å². The first kappa shape index (κ1) is 11.0. The molecule has 16 heavy (non-hydrogen) atoms. The summed E-state index contributed by atoms with van der Waals surface area (Å²) in [4.78, 5) is 0. The molecule has 2 N–H and O–H groups in total. The summed E-state index contributed by atoms with van der Waals surface area (Å²) in [7, 11) is 0. The number of aryl methyl sites for hydroxylation is 1. The van der Waals surface area contributed by atoms with E-state index in [2.05, 4.69) is 24.3 Å². The summed E-state index contributed by atoms with van der Waals surface area (Å²) in [6.07, 6.45) is 4.67. The summed E-state index contributed by atoms with van der Waals surface area (Å²) in [6.45, 7) is 0.745. The third kappa shape index (κ3) is 2.74. The average molecular weight is 215 g/mol. The maximum Gasteiger partial charge on any atom is 0.108 e. The van der Waals surface area contributed by atoms with E-state index >= 15 is 0 Å². The Hall–Kier alpha value is -1.54. The van der Waals surface area contributed by atoms with Crippen molar-refractivity contribution in [3.05, 3.63) is 59.5 Å². The van der Waals surface area contributed by atoms with E-state index in [9.17, 15) is 0 Å². The van der Waals surface area contributed by atoms with Gasteiger partial charge in [0, 0.05) is 6.42 Å². The fraction of sp³-hybridized carbons (Fsp3) is 0.286. The molecular weight excluding hydrogens is 198 g/mol. The molecule has 0 aliphatic carbocycles. The van der Waals surface area contributed by atoms with Gasteiger partial charge in [-0.15, -0.1) is 0 Å². The molecule has 1 heterocycles. The zero-order chi connectivity index (χ0) is 11.2. The van der Waals surface area contributed by atoms with Crippen LogP contribution >= 0.6 is 0 Å². The maximum atomic E-state index is 5.54. The second-order valence-corrected chi connectivity index (χ2v) is 3.92. The number of benzene rings is 1. The monoisotopic (exact) mass is 215 g/mol. The average Bonchev–Trinajstić information content (AvgIpc) is 2.81. The highest BCUT2D eigenvalue weighted by molar-refractivity contribution is 5.30. The van der Waals surface area contributed by atoms with Gasteiger partial charge in [0.2, 0.25) is 0 Å². The quantitative estimate of drug-likeness (QED) is 0.833. The zero-order valence-electron chi connectivity index (χ0n) is 9.36. The third-order valence-corrected chi connectivity index (χ3v) is 2.71. The highest BCUT2D eigenvalue weighted by atomic mass is 16.3. The minimum absolute atomic E-state index is 0.745. The van der Waals surface area contributed by atoms with Crippen molar-refractivity contribution in [2.75, 3.05) is 6.54 Å². The molecule has 0 atom stereocenters. The molecule has 2 heteroatoms. The van der Waals surface area contributed by atoms with Gasteiger partial charge in [0.1, 0.15) is 5.76 Å². The summed E-state index contributed by atoms with van der Waals surface area (Å²) in [5.74, 6) is 1.01. The summed E-state index contributed by atoms with van der Waals surface area (Å²) < 4.78 is 5.37. The molecule has 0 fully saturated rings. The van der Waals surface area contributed by atoms with E-state index in [1.54, 1.807) is 6.26 Å². The molecule has 1 aromatic heterocycles. The molecule has 0 bridgehead atoms. The maximum absolute atomic E-state index is 5.54. The van der Waals surface area contributed by atoms with Crippen molar-refractivity contribution in [2.24, 2.45) is 5.73 Å².